The van der Waals surface area contributed by atoms with Crippen molar-refractivity contribution in [2.75, 3.05) is 10.0 Å². The van der Waals surface area contributed by atoms with Crippen LogP contribution in [0.4, 0.5) is 17.2 Å². The van der Waals surface area contributed by atoms with Gasteiger partial charge >= 0.3 is 0 Å². The third-order valence-corrected chi connectivity index (χ3v) is 7.14. The van der Waals surface area contributed by atoms with Crippen LogP contribution in [0.15, 0.2) is 34.9 Å². The summed E-state index contributed by atoms with van der Waals surface area (Å²) in [5.74, 6) is 3.60. The number of anilines is 3. The highest BCUT2D eigenvalue weighted by molar-refractivity contribution is 7.92. The van der Waals surface area contributed by atoms with Gasteiger partial charge in [-0.25, -0.2) is 13.4 Å². The summed E-state index contributed by atoms with van der Waals surface area (Å²) in [5.41, 5.74) is 3.32. The zero-order valence-electron chi connectivity index (χ0n) is 17.0. The zero-order valence-corrected chi connectivity index (χ0v) is 17.8. The molecule has 158 valence electrons. The Bertz CT molecular complexity index is 1180. The van der Waals surface area contributed by atoms with Gasteiger partial charge in [-0.15, -0.1) is 0 Å². The molecule has 1 saturated carbocycles. The van der Waals surface area contributed by atoms with Crippen LogP contribution >= 0.6 is 0 Å². The molecule has 2 aliphatic rings. The summed E-state index contributed by atoms with van der Waals surface area (Å²) < 4.78 is 31.9. The lowest BCUT2D eigenvalue weighted by molar-refractivity contribution is 0.406. The molecule has 1 aliphatic carbocycles. The van der Waals surface area contributed by atoms with E-state index in [9.17, 15) is 8.42 Å². The molecular weight excluding hydrogens is 402 g/mol. The topological polar surface area (TPSA) is 113 Å². The fourth-order valence-electron chi connectivity index (χ4n) is 4.30. The van der Waals surface area contributed by atoms with Crippen LogP contribution < -0.4 is 10.0 Å². The van der Waals surface area contributed by atoms with E-state index in [1.807, 2.05) is 24.4 Å². The summed E-state index contributed by atoms with van der Waals surface area (Å²) in [6.07, 6.45) is 4.95. The number of H-pyrrole nitrogens is 1. The van der Waals surface area contributed by atoms with Gasteiger partial charge in [-0.3, -0.25) is 9.82 Å². The second-order valence-corrected chi connectivity index (χ2v) is 10.3. The second-order valence-electron chi connectivity index (χ2n) is 8.53. The number of hydrogen-bond donors (Lipinski definition) is 3. The first-order valence-electron chi connectivity index (χ1n) is 10.3. The Labute approximate surface area is 175 Å². The van der Waals surface area contributed by atoms with Gasteiger partial charge in [0.1, 0.15) is 5.76 Å². The number of aromatic amines is 1. The predicted octanol–water partition coefficient (Wildman–Crippen LogP) is 4.57. The van der Waals surface area contributed by atoms with Crippen LogP contribution in [0.5, 0.6) is 0 Å². The van der Waals surface area contributed by atoms with Gasteiger partial charge < -0.3 is 9.73 Å². The molecule has 0 saturated heterocycles. The third-order valence-electron chi connectivity index (χ3n) is 5.92. The van der Waals surface area contributed by atoms with Crippen LogP contribution in [0, 0.1) is 0 Å². The number of hydrogen-bond acceptors (Lipinski definition) is 6. The Balaban J connectivity index is 1.25. The molecule has 30 heavy (non-hydrogen) atoms. The summed E-state index contributed by atoms with van der Waals surface area (Å²) in [7, 11) is -3.25. The minimum atomic E-state index is -3.25. The number of aromatic nitrogens is 3. The van der Waals surface area contributed by atoms with Gasteiger partial charge in [0.2, 0.25) is 10.0 Å². The highest BCUT2D eigenvalue weighted by atomic mass is 32.2. The molecule has 8 nitrogen and oxygen atoms in total. The van der Waals surface area contributed by atoms with Crippen molar-refractivity contribution in [1.82, 2.24) is 15.2 Å². The van der Waals surface area contributed by atoms with Crippen molar-refractivity contribution >= 4 is 27.2 Å². The quantitative estimate of drug-likeness (QED) is 0.550. The van der Waals surface area contributed by atoms with Gasteiger partial charge in [0.05, 0.1) is 17.6 Å². The van der Waals surface area contributed by atoms with Gasteiger partial charge in [0.15, 0.2) is 11.7 Å². The van der Waals surface area contributed by atoms with Crippen molar-refractivity contribution < 1.29 is 12.8 Å². The van der Waals surface area contributed by atoms with Crippen molar-refractivity contribution in [3.05, 3.63) is 53.4 Å². The fraction of sp³-hybridized carbons (Fsp3) is 0.429. The molecular formula is C21H25N5O3S. The van der Waals surface area contributed by atoms with Crippen LogP contribution in [0.3, 0.4) is 0 Å². The maximum absolute atomic E-state index is 11.7. The standard InChI is InChI=1S/C21H25N5O3S/c1-12(2)19-10-22-21(29-19)14-4-3-13(7-14)18-9-20(25-24-18)23-16-5-6-17-15(8-16)11-30(27,28)26-17/h5-6,8-10,12-14,26H,3-4,7,11H2,1-2H3,(H2,23,24,25)/t13-,14+/m0/s1. The van der Waals surface area contributed by atoms with Gasteiger partial charge in [-0.05, 0) is 43.0 Å². The smallest absolute Gasteiger partial charge is 0.237 e. The van der Waals surface area contributed by atoms with E-state index in [-0.39, 0.29) is 5.75 Å². The molecule has 1 aromatic carbocycles. The summed E-state index contributed by atoms with van der Waals surface area (Å²) in [6.45, 7) is 4.22. The largest absolute Gasteiger partial charge is 0.445 e. The van der Waals surface area contributed by atoms with Crippen LogP contribution in [-0.2, 0) is 15.8 Å². The zero-order chi connectivity index (χ0) is 20.9. The molecule has 2 aromatic heterocycles. The molecule has 0 spiro atoms. The van der Waals surface area contributed by atoms with Gasteiger partial charge in [0.25, 0.3) is 0 Å². The maximum atomic E-state index is 11.7. The lowest BCUT2D eigenvalue weighted by Crippen LogP contribution is -2.05. The normalized spacial score (nSPS) is 22.2. The number of sulfonamides is 1. The van der Waals surface area contributed by atoms with Crippen molar-refractivity contribution in [1.29, 1.82) is 0 Å². The summed E-state index contributed by atoms with van der Waals surface area (Å²) in [4.78, 5) is 4.49. The van der Waals surface area contributed by atoms with Crippen LogP contribution in [0.1, 0.15) is 73.8 Å². The predicted molar refractivity (Wildman–Crippen MR) is 114 cm³/mol. The highest BCUT2D eigenvalue weighted by Gasteiger charge is 2.31. The average molecular weight is 428 g/mol. The third kappa shape index (κ3) is 3.69. The molecule has 1 fully saturated rings. The fourth-order valence-corrected chi connectivity index (χ4v) is 5.56. The van der Waals surface area contributed by atoms with Crippen molar-refractivity contribution in [3.63, 3.8) is 0 Å². The first-order chi connectivity index (χ1) is 14.4. The van der Waals surface area contributed by atoms with E-state index in [1.54, 1.807) is 6.07 Å². The first-order valence-corrected chi connectivity index (χ1v) is 11.9. The van der Waals surface area contributed by atoms with E-state index in [0.717, 1.165) is 53.7 Å². The molecule has 0 unspecified atom stereocenters. The van der Waals surface area contributed by atoms with Crippen molar-refractivity contribution in [3.8, 4) is 0 Å². The Kier molecular flexibility index (Phi) is 4.57. The van der Waals surface area contributed by atoms with E-state index in [0.29, 0.717) is 23.4 Å². The Morgan fingerprint density at radius 2 is 2.03 bits per heavy atom. The van der Waals surface area contributed by atoms with E-state index >= 15 is 0 Å². The number of fused-ring (bicyclic) bond motifs is 1. The first kappa shape index (κ1) is 19.2. The Hall–Kier alpha value is -2.81. The maximum Gasteiger partial charge on any atom is 0.237 e. The second kappa shape index (κ2) is 7.16. The molecule has 1 aliphatic heterocycles. The molecule has 0 radical (unpaired) electrons. The minimum Gasteiger partial charge on any atom is -0.445 e. The minimum absolute atomic E-state index is 0.00642. The molecule has 3 aromatic rings. The summed E-state index contributed by atoms with van der Waals surface area (Å²) in [6, 6.07) is 7.51. The van der Waals surface area contributed by atoms with Gasteiger partial charge in [0, 0.05) is 35.2 Å². The van der Waals surface area contributed by atoms with E-state index in [4.69, 9.17) is 4.42 Å². The molecule has 9 heteroatoms. The summed E-state index contributed by atoms with van der Waals surface area (Å²) in [5, 5.41) is 10.8. The highest BCUT2D eigenvalue weighted by Crippen LogP contribution is 2.43. The molecule has 5 rings (SSSR count). The molecule has 3 N–H and O–H groups in total. The Morgan fingerprint density at radius 1 is 1.20 bits per heavy atom. The number of nitrogens with one attached hydrogen (secondary N) is 3. The van der Waals surface area contributed by atoms with Crippen LogP contribution in [0.25, 0.3) is 0 Å². The van der Waals surface area contributed by atoms with Crippen molar-refractivity contribution in [2.45, 2.75) is 56.6 Å². The Morgan fingerprint density at radius 3 is 2.83 bits per heavy atom. The van der Waals surface area contributed by atoms with Crippen molar-refractivity contribution in [2.24, 2.45) is 0 Å². The van der Waals surface area contributed by atoms with E-state index in [1.165, 1.54) is 0 Å². The SMILES string of the molecule is CC(C)c1cnc([C@@H]2CC[C@H](c3cc(Nc4ccc5c(c4)CS(=O)(=O)N5)n[nH]3)C2)o1. The van der Waals surface area contributed by atoms with Crippen LogP contribution in [-0.4, -0.2) is 23.6 Å². The summed E-state index contributed by atoms with van der Waals surface area (Å²) >= 11 is 0. The van der Waals surface area contributed by atoms with Gasteiger partial charge in [-0.1, -0.05) is 13.8 Å². The number of oxazole rings is 1. The van der Waals surface area contributed by atoms with Gasteiger partial charge in [-0.2, -0.15) is 5.10 Å². The number of nitrogens with zero attached hydrogens (tertiary/aromatic N) is 2. The average Bonchev–Trinajstić information content (AvgIpc) is 3.45. The van der Waals surface area contributed by atoms with Crippen LogP contribution in [0.2, 0.25) is 0 Å². The molecule has 0 bridgehead atoms. The van der Waals surface area contributed by atoms with E-state index in [2.05, 4.69) is 39.1 Å². The molecule has 3 heterocycles. The number of rotatable bonds is 5. The lowest BCUT2D eigenvalue weighted by atomic mass is 10.0. The molecule has 2 atom stereocenters. The number of benzene rings is 1. The molecule has 0 amide bonds. The monoisotopic (exact) mass is 427 g/mol. The van der Waals surface area contributed by atoms with E-state index < -0.39 is 10.0 Å². The lowest BCUT2D eigenvalue weighted by Gasteiger charge is -2.07.